The smallest absolute Gasteiger partial charge is 0.113 e. The van der Waals surface area contributed by atoms with Gasteiger partial charge < -0.3 is 5.32 Å². The van der Waals surface area contributed by atoms with E-state index in [-0.39, 0.29) is 0 Å². The zero-order chi connectivity index (χ0) is 11.2. The summed E-state index contributed by atoms with van der Waals surface area (Å²) in [6.45, 7) is 4.09. The van der Waals surface area contributed by atoms with E-state index < -0.39 is 0 Å². The molecule has 1 aromatic heterocycles. The highest BCUT2D eigenvalue weighted by molar-refractivity contribution is 5.34. The Labute approximate surface area is 96.8 Å². The molecule has 0 saturated carbocycles. The number of hydrogen-bond acceptors (Lipinski definition) is 2. The fraction of sp³-hybridized carbons (Fsp3) is 0.357. The molecule has 1 N–H and O–H groups in total. The molecule has 1 saturated heterocycles. The van der Waals surface area contributed by atoms with Crippen LogP contribution < -0.4 is 5.32 Å². The van der Waals surface area contributed by atoms with Gasteiger partial charge in [-0.1, -0.05) is 12.0 Å². The van der Waals surface area contributed by atoms with E-state index in [1.807, 2.05) is 31.2 Å². The number of aromatic nitrogens is 1. The van der Waals surface area contributed by atoms with Gasteiger partial charge in [0, 0.05) is 12.2 Å². The van der Waals surface area contributed by atoms with Gasteiger partial charge in [-0.05, 0) is 56.0 Å². The summed E-state index contributed by atoms with van der Waals surface area (Å²) in [7, 11) is 0. The summed E-state index contributed by atoms with van der Waals surface area (Å²) in [5, 5.41) is 3.34. The first-order chi connectivity index (χ1) is 7.84. The van der Waals surface area contributed by atoms with Gasteiger partial charge in [-0.2, -0.15) is 0 Å². The summed E-state index contributed by atoms with van der Waals surface area (Å²) < 4.78 is 0. The van der Waals surface area contributed by atoms with Crippen LogP contribution in [0.5, 0.6) is 0 Å². The van der Waals surface area contributed by atoms with Gasteiger partial charge >= 0.3 is 0 Å². The molecule has 82 valence electrons. The maximum absolute atomic E-state index is 4.34. The van der Waals surface area contributed by atoms with Crippen LogP contribution >= 0.6 is 0 Å². The van der Waals surface area contributed by atoms with Crippen LogP contribution in [-0.2, 0) is 0 Å². The largest absolute Gasteiger partial charge is 0.313 e. The van der Waals surface area contributed by atoms with Gasteiger partial charge in [0.05, 0.1) is 0 Å². The van der Waals surface area contributed by atoms with Crippen LogP contribution in [0.25, 0.3) is 0 Å². The minimum atomic E-state index is 0.848. The number of allylic oxidation sites excluding steroid dienone is 1. The molecule has 0 bridgehead atoms. The highest BCUT2D eigenvalue weighted by atomic mass is 14.9. The first-order valence-corrected chi connectivity index (χ1v) is 5.68. The van der Waals surface area contributed by atoms with E-state index in [9.17, 15) is 0 Å². The predicted molar refractivity (Wildman–Crippen MR) is 66.0 cm³/mol. The number of nitrogens with one attached hydrogen (secondary N) is 1. The molecule has 1 fully saturated rings. The van der Waals surface area contributed by atoms with Gasteiger partial charge in [0.2, 0.25) is 0 Å². The van der Waals surface area contributed by atoms with Crippen molar-refractivity contribution in [1.29, 1.82) is 0 Å². The van der Waals surface area contributed by atoms with E-state index in [4.69, 9.17) is 0 Å². The summed E-state index contributed by atoms with van der Waals surface area (Å²) >= 11 is 0. The van der Waals surface area contributed by atoms with E-state index in [1.54, 1.807) is 0 Å². The van der Waals surface area contributed by atoms with E-state index in [0.717, 1.165) is 24.5 Å². The zero-order valence-corrected chi connectivity index (χ0v) is 9.59. The number of rotatable bonds is 0. The van der Waals surface area contributed by atoms with Gasteiger partial charge in [0.25, 0.3) is 0 Å². The fourth-order valence-electron chi connectivity index (χ4n) is 1.73. The van der Waals surface area contributed by atoms with Gasteiger partial charge in [-0.3, -0.25) is 0 Å². The highest BCUT2D eigenvalue weighted by Gasteiger charge is 2.02. The molecule has 0 unspecified atom stereocenters. The van der Waals surface area contributed by atoms with Crippen molar-refractivity contribution in [2.45, 2.75) is 19.8 Å². The SMILES string of the molecule is Cc1cccc(C#C/C=C2\CCCNC2)n1. The molecule has 0 atom stereocenters. The van der Waals surface area contributed by atoms with Crippen molar-refractivity contribution in [2.24, 2.45) is 0 Å². The van der Waals surface area contributed by atoms with Crippen LogP contribution in [0.4, 0.5) is 0 Å². The number of nitrogens with zero attached hydrogens (tertiary/aromatic N) is 1. The molecule has 2 rings (SSSR count). The summed E-state index contributed by atoms with van der Waals surface area (Å²) in [5.74, 6) is 6.15. The van der Waals surface area contributed by atoms with Crippen LogP contribution in [0.2, 0.25) is 0 Å². The molecule has 0 spiro atoms. The van der Waals surface area contributed by atoms with Crippen molar-refractivity contribution in [1.82, 2.24) is 10.3 Å². The number of pyridine rings is 1. The molecule has 16 heavy (non-hydrogen) atoms. The molecular formula is C14H16N2. The lowest BCUT2D eigenvalue weighted by atomic mass is 10.1. The standard InChI is InChI=1S/C14H16N2/c1-12-5-2-8-14(16-12)9-3-6-13-7-4-10-15-11-13/h2,5-6,8,15H,4,7,10-11H2,1H3/b13-6+. The number of hydrogen-bond donors (Lipinski definition) is 1. The third-order valence-corrected chi connectivity index (χ3v) is 2.57. The maximum atomic E-state index is 4.34. The third kappa shape index (κ3) is 3.22. The quantitative estimate of drug-likeness (QED) is 0.666. The second-order valence-electron chi connectivity index (χ2n) is 4.02. The van der Waals surface area contributed by atoms with Crippen LogP contribution in [0, 0.1) is 18.8 Å². The van der Waals surface area contributed by atoms with Crippen molar-refractivity contribution < 1.29 is 0 Å². The summed E-state index contributed by atoms with van der Waals surface area (Å²) in [6, 6.07) is 5.91. The van der Waals surface area contributed by atoms with Crippen LogP contribution in [0.3, 0.4) is 0 Å². The third-order valence-electron chi connectivity index (χ3n) is 2.57. The Kier molecular flexibility index (Phi) is 3.74. The fourth-order valence-corrected chi connectivity index (χ4v) is 1.73. The van der Waals surface area contributed by atoms with Crippen molar-refractivity contribution in [2.75, 3.05) is 13.1 Å². The molecule has 0 aliphatic carbocycles. The lowest BCUT2D eigenvalue weighted by Crippen LogP contribution is -2.23. The molecule has 0 amide bonds. The van der Waals surface area contributed by atoms with Gasteiger partial charge in [-0.15, -0.1) is 0 Å². The van der Waals surface area contributed by atoms with Gasteiger partial charge in [0.15, 0.2) is 0 Å². The molecule has 2 heteroatoms. The van der Waals surface area contributed by atoms with Crippen molar-refractivity contribution in [3.8, 4) is 11.8 Å². The minimum Gasteiger partial charge on any atom is -0.313 e. The minimum absolute atomic E-state index is 0.848. The molecule has 2 nitrogen and oxygen atoms in total. The first-order valence-electron chi connectivity index (χ1n) is 5.68. The lowest BCUT2D eigenvalue weighted by molar-refractivity contribution is 0.610. The first kappa shape index (κ1) is 10.9. The van der Waals surface area contributed by atoms with E-state index >= 15 is 0 Å². The second-order valence-corrected chi connectivity index (χ2v) is 4.02. The number of aryl methyl sites for hydroxylation is 1. The Bertz CT molecular complexity index is 441. The highest BCUT2D eigenvalue weighted by Crippen LogP contribution is 2.07. The van der Waals surface area contributed by atoms with Crippen LogP contribution in [-0.4, -0.2) is 18.1 Å². The Balaban J connectivity index is 2.04. The summed E-state index contributed by atoms with van der Waals surface area (Å²) in [5.41, 5.74) is 3.26. The molecular weight excluding hydrogens is 196 g/mol. The van der Waals surface area contributed by atoms with Gasteiger partial charge in [0.1, 0.15) is 5.69 Å². The average molecular weight is 212 g/mol. The van der Waals surface area contributed by atoms with Crippen molar-refractivity contribution in [3.63, 3.8) is 0 Å². The molecule has 1 aliphatic heterocycles. The number of piperidine rings is 1. The van der Waals surface area contributed by atoms with Crippen molar-refractivity contribution >= 4 is 0 Å². The van der Waals surface area contributed by atoms with E-state index in [1.165, 1.54) is 18.4 Å². The molecule has 1 aliphatic rings. The Hall–Kier alpha value is -1.59. The summed E-state index contributed by atoms with van der Waals surface area (Å²) in [4.78, 5) is 4.34. The molecule has 0 radical (unpaired) electrons. The lowest BCUT2D eigenvalue weighted by Gasteiger charge is -2.13. The molecule has 2 heterocycles. The van der Waals surface area contributed by atoms with Gasteiger partial charge in [-0.25, -0.2) is 4.98 Å². The van der Waals surface area contributed by atoms with E-state index in [0.29, 0.717) is 0 Å². The zero-order valence-electron chi connectivity index (χ0n) is 9.59. The Morgan fingerprint density at radius 3 is 3.12 bits per heavy atom. The normalized spacial score (nSPS) is 17.9. The topological polar surface area (TPSA) is 24.9 Å². The van der Waals surface area contributed by atoms with Crippen LogP contribution in [0.15, 0.2) is 29.8 Å². The molecule has 1 aromatic rings. The molecule has 0 aromatic carbocycles. The average Bonchev–Trinajstić information content (AvgIpc) is 2.30. The Morgan fingerprint density at radius 2 is 2.38 bits per heavy atom. The van der Waals surface area contributed by atoms with Crippen LogP contribution in [0.1, 0.15) is 24.2 Å². The van der Waals surface area contributed by atoms with Crippen molar-refractivity contribution in [3.05, 3.63) is 41.2 Å². The summed E-state index contributed by atoms with van der Waals surface area (Å²) in [6.07, 6.45) is 4.41. The maximum Gasteiger partial charge on any atom is 0.113 e. The Morgan fingerprint density at radius 1 is 1.44 bits per heavy atom. The second kappa shape index (κ2) is 5.48. The van der Waals surface area contributed by atoms with E-state index in [2.05, 4.69) is 22.1 Å². The predicted octanol–water partition coefficient (Wildman–Crippen LogP) is 2.05. The monoisotopic (exact) mass is 212 g/mol.